The van der Waals surface area contributed by atoms with Crippen molar-refractivity contribution in [2.75, 3.05) is 13.1 Å². The van der Waals surface area contributed by atoms with E-state index in [0.29, 0.717) is 19.5 Å². The Kier molecular flexibility index (Phi) is 5.18. The van der Waals surface area contributed by atoms with Crippen LogP contribution in [-0.4, -0.2) is 35.1 Å². The van der Waals surface area contributed by atoms with E-state index in [4.69, 9.17) is 0 Å². The summed E-state index contributed by atoms with van der Waals surface area (Å²) in [5.74, 6) is 0.237. The van der Waals surface area contributed by atoms with Gasteiger partial charge in [0.1, 0.15) is 0 Å². The Morgan fingerprint density at radius 2 is 1.95 bits per heavy atom. The van der Waals surface area contributed by atoms with Gasteiger partial charge in [0.05, 0.1) is 6.10 Å². The van der Waals surface area contributed by atoms with E-state index in [9.17, 15) is 9.90 Å². The van der Waals surface area contributed by atoms with Crippen molar-refractivity contribution in [2.45, 2.75) is 52.1 Å². The maximum absolute atomic E-state index is 12.1. The minimum atomic E-state index is -0.213. The summed E-state index contributed by atoms with van der Waals surface area (Å²) in [5.41, 5.74) is 3.95. The van der Waals surface area contributed by atoms with Crippen molar-refractivity contribution < 1.29 is 9.90 Å². The molecule has 20 heavy (non-hydrogen) atoms. The summed E-state index contributed by atoms with van der Waals surface area (Å²) in [6.07, 6.45) is 3.72. The van der Waals surface area contributed by atoms with Crippen LogP contribution in [0, 0.1) is 13.8 Å². The molecule has 0 spiro atoms. The average molecular weight is 275 g/mol. The second kappa shape index (κ2) is 6.89. The summed E-state index contributed by atoms with van der Waals surface area (Å²) in [7, 11) is 0. The molecule has 1 N–H and O–H groups in total. The van der Waals surface area contributed by atoms with Gasteiger partial charge in [-0.25, -0.2) is 0 Å². The normalized spacial score (nSPS) is 16.4. The van der Waals surface area contributed by atoms with E-state index in [0.717, 1.165) is 25.7 Å². The molecule has 1 amide bonds. The molecule has 0 radical (unpaired) electrons. The molecular weight excluding hydrogens is 250 g/mol. The maximum Gasteiger partial charge on any atom is 0.222 e. The molecule has 0 saturated carbocycles. The first-order chi connectivity index (χ1) is 9.56. The van der Waals surface area contributed by atoms with E-state index >= 15 is 0 Å². The molecule has 110 valence electrons. The lowest BCUT2D eigenvalue weighted by molar-refractivity contribution is -0.133. The van der Waals surface area contributed by atoms with Crippen molar-refractivity contribution in [3.63, 3.8) is 0 Å². The highest BCUT2D eigenvalue weighted by Gasteiger charge is 2.20. The van der Waals surface area contributed by atoms with Gasteiger partial charge >= 0.3 is 0 Å². The molecule has 0 unspecified atom stereocenters. The number of benzene rings is 1. The van der Waals surface area contributed by atoms with Gasteiger partial charge in [0, 0.05) is 19.5 Å². The number of nitrogens with zero attached hydrogens (tertiary/aromatic N) is 1. The molecule has 1 aromatic rings. The Morgan fingerprint density at radius 3 is 2.60 bits per heavy atom. The molecule has 1 aliphatic heterocycles. The standard InChI is InChI=1S/C17H25NO2/c1-13-6-7-15(12-14(13)2)4-3-5-17(20)18-10-8-16(19)9-11-18/h6-7,12,16,19H,3-5,8-11H2,1-2H3. The quantitative estimate of drug-likeness (QED) is 0.917. The number of rotatable bonds is 4. The summed E-state index contributed by atoms with van der Waals surface area (Å²) in [6, 6.07) is 6.53. The van der Waals surface area contributed by atoms with Crippen LogP contribution in [0.4, 0.5) is 0 Å². The molecule has 0 bridgehead atoms. The fraction of sp³-hybridized carbons (Fsp3) is 0.588. The van der Waals surface area contributed by atoms with E-state index in [2.05, 4.69) is 32.0 Å². The average Bonchev–Trinajstić information content (AvgIpc) is 2.43. The van der Waals surface area contributed by atoms with Crippen LogP contribution in [0.1, 0.15) is 42.4 Å². The molecule has 1 aliphatic rings. The van der Waals surface area contributed by atoms with Crippen LogP contribution in [0.2, 0.25) is 0 Å². The third-order valence-electron chi connectivity index (χ3n) is 4.24. The lowest BCUT2D eigenvalue weighted by Gasteiger charge is -2.29. The summed E-state index contributed by atoms with van der Waals surface area (Å²) in [6.45, 7) is 5.67. The van der Waals surface area contributed by atoms with Gasteiger partial charge in [0.15, 0.2) is 0 Å². The minimum Gasteiger partial charge on any atom is -0.393 e. The van der Waals surface area contributed by atoms with Gasteiger partial charge in [0.25, 0.3) is 0 Å². The van der Waals surface area contributed by atoms with Gasteiger partial charge in [-0.1, -0.05) is 18.2 Å². The topological polar surface area (TPSA) is 40.5 Å². The van der Waals surface area contributed by atoms with Crippen molar-refractivity contribution in [1.82, 2.24) is 4.90 Å². The Morgan fingerprint density at radius 1 is 1.25 bits per heavy atom. The summed E-state index contributed by atoms with van der Waals surface area (Å²) >= 11 is 0. The molecule has 3 heteroatoms. The van der Waals surface area contributed by atoms with Gasteiger partial charge < -0.3 is 10.0 Å². The van der Waals surface area contributed by atoms with Crippen LogP contribution in [-0.2, 0) is 11.2 Å². The number of carbonyl (C=O) groups is 1. The maximum atomic E-state index is 12.1. The van der Waals surface area contributed by atoms with E-state index in [1.165, 1.54) is 16.7 Å². The van der Waals surface area contributed by atoms with E-state index in [1.807, 2.05) is 4.90 Å². The lowest BCUT2D eigenvalue weighted by atomic mass is 10.0. The molecule has 1 heterocycles. The number of piperidine rings is 1. The molecule has 3 nitrogen and oxygen atoms in total. The van der Waals surface area contributed by atoms with E-state index in [1.54, 1.807) is 0 Å². The summed E-state index contributed by atoms with van der Waals surface area (Å²) in [5, 5.41) is 9.44. The second-order valence-corrected chi connectivity index (χ2v) is 5.88. The van der Waals surface area contributed by atoms with Gasteiger partial charge in [-0.2, -0.15) is 0 Å². The van der Waals surface area contributed by atoms with Crippen LogP contribution in [0.15, 0.2) is 18.2 Å². The number of aliphatic hydroxyl groups excluding tert-OH is 1. The molecule has 1 aromatic carbocycles. The Balaban J connectivity index is 1.75. The van der Waals surface area contributed by atoms with Crippen LogP contribution < -0.4 is 0 Å². The predicted molar refractivity (Wildman–Crippen MR) is 80.7 cm³/mol. The van der Waals surface area contributed by atoms with Crippen molar-refractivity contribution in [1.29, 1.82) is 0 Å². The highest BCUT2D eigenvalue weighted by molar-refractivity contribution is 5.76. The largest absolute Gasteiger partial charge is 0.393 e. The van der Waals surface area contributed by atoms with Crippen LogP contribution in [0.25, 0.3) is 0 Å². The summed E-state index contributed by atoms with van der Waals surface area (Å²) in [4.78, 5) is 14.0. The van der Waals surface area contributed by atoms with Crippen LogP contribution >= 0.6 is 0 Å². The van der Waals surface area contributed by atoms with Crippen molar-refractivity contribution >= 4 is 5.91 Å². The SMILES string of the molecule is Cc1ccc(CCCC(=O)N2CCC(O)CC2)cc1C. The summed E-state index contributed by atoms with van der Waals surface area (Å²) < 4.78 is 0. The monoisotopic (exact) mass is 275 g/mol. The zero-order valence-electron chi connectivity index (χ0n) is 12.6. The highest BCUT2D eigenvalue weighted by atomic mass is 16.3. The van der Waals surface area contributed by atoms with E-state index in [-0.39, 0.29) is 12.0 Å². The third kappa shape index (κ3) is 4.07. The highest BCUT2D eigenvalue weighted by Crippen LogP contribution is 2.14. The Hall–Kier alpha value is -1.35. The van der Waals surface area contributed by atoms with Crippen LogP contribution in [0.5, 0.6) is 0 Å². The Labute approximate surface area is 121 Å². The molecule has 1 fully saturated rings. The molecule has 0 aliphatic carbocycles. The number of likely N-dealkylation sites (tertiary alicyclic amines) is 1. The first kappa shape index (κ1) is 15.0. The smallest absolute Gasteiger partial charge is 0.222 e. The minimum absolute atomic E-state index is 0.213. The zero-order chi connectivity index (χ0) is 14.5. The van der Waals surface area contributed by atoms with E-state index < -0.39 is 0 Å². The molecule has 0 atom stereocenters. The first-order valence-corrected chi connectivity index (χ1v) is 7.58. The van der Waals surface area contributed by atoms with Crippen molar-refractivity contribution in [3.8, 4) is 0 Å². The first-order valence-electron chi connectivity index (χ1n) is 7.58. The fourth-order valence-electron chi connectivity index (χ4n) is 2.68. The lowest BCUT2D eigenvalue weighted by Crippen LogP contribution is -2.39. The van der Waals surface area contributed by atoms with Crippen molar-refractivity contribution in [3.05, 3.63) is 34.9 Å². The van der Waals surface area contributed by atoms with Crippen LogP contribution in [0.3, 0.4) is 0 Å². The number of aryl methyl sites for hydroxylation is 3. The number of hydrogen-bond acceptors (Lipinski definition) is 2. The third-order valence-corrected chi connectivity index (χ3v) is 4.24. The fourth-order valence-corrected chi connectivity index (χ4v) is 2.68. The number of aliphatic hydroxyl groups is 1. The van der Waals surface area contributed by atoms with Crippen molar-refractivity contribution in [2.24, 2.45) is 0 Å². The predicted octanol–water partition coefficient (Wildman–Crippen LogP) is 2.61. The zero-order valence-corrected chi connectivity index (χ0v) is 12.6. The Bertz CT molecular complexity index is 462. The van der Waals surface area contributed by atoms with Gasteiger partial charge in [-0.05, 0) is 56.2 Å². The number of carbonyl (C=O) groups excluding carboxylic acids is 1. The molecular formula is C17H25NO2. The van der Waals surface area contributed by atoms with Gasteiger partial charge in [-0.3, -0.25) is 4.79 Å². The number of hydrogen-bond donors (Lipinski definition) is 1. The van der Waals surface area contributed by atoms with Gasteiger partial charge in [0.2, 0.25) is 5.91 Å². The van der Waals surface area contributed by atoms with Gasteiger partial charge in [-0.15, -0.1) is 0 Å². The second-order valence-electron chi connectivity index (χ2n) is 5.88. The molecule has 2 rings (SSSR count). The molecule has 1 saturated heterocycles. The molecule has 0 aromatic heterocycles. The number of amides is 1.